The van der Waals surface area contributed by atoms with Gasteiger partial charge in [-0.2, -0.15) is 0 Å². The number of benzene rings is 3. The van der Waals surface area contributed by atoms with E-state index >= 15 is 0 Å². The molecule has 0 heterocycles. The van der Waals surface area contributed by atoms with Crippen LogP contribution in [-0.2, 0) is 6.42 Å². The van der Waals surface area contributed by atoms with Crippen molar-refractivity contribution in [3.63, 3.8) is 0 Å². The summed E-state index contributed by atoms with van der Waals surface area (Å²) in [5.41, 5.74) is 6.04. The van der Waals surface area contributed by atoms with E-state index in [4.69, 9.17) is 0 Å². The van der Waals surface area contributed by atoms with Crippen molar-refractivity contribution < 1.29 is 0 Å². The zero-order valence-electron chi connectivity index (χ0n) is 16.7. The van der Waals surface area contributed by atoms with Crippen LogP contribution in [0.15, 0.2) is 72.8 Å². The van der Waals surface area contributed by atoms with Gasteiger partial charge in [-0.15, -0.1) is 0 Å². The molecule has 2 unspecified atom stereocenters. The van der Waals surface area contributed by atoms with E-state index in [2.05, 4.69) is 105 Å². The molecule has 27 heavy (non-hydrogen) atoms. The van der Waals surface area contributed by atoms with Gasteiger partial charge in [0, 0.05) is 14.1 Å². The van der Waals surface area contributed by atoms with Crippen molar-refractivity contribution in [3.8, 4) is 0 Å². The van der Waals surface area contributed by atoms with Crippen molar-refractivity contribution >= 4 is 18.7 Å². The quantitative estimate of drug-likeness (QED) is 0.545. The van der Waals surface area contributed by atoms with Crippen LogP contribution in [0.1, 0.15) is 35.2 Å². The molecule has 0 saturated carbocycles. The van der Waals surface area contributed by atoms with E-state index < -0.39 is 8.07 Å². The first-order valence-electron chi connectivity index (χ1n) is 9.80. The van der Waals surface area contributed by atoms with Crippen LogP contribution in [0.4, 0.5) is 0 Å². The van der Waals surface area contributed by atoms with Gasteiger partial charge in [0.05, 0.1) is 0 Å². The second-order valence-corrected chi connectivity index (χ2v) is 10.1. The second-order valence-electron chi connectivity index (χ2n) is 7.77. The van der Waals surface area contributed by atoms with E-state index in [1.807, 2.05) is 0 Å². The van der Waals surface area contributed by atoms with Crippen LogP contribution in [0.3, 0.4) is 0 Å². The van der Waals surface area contributed by atoms with Gasteiger partial charge in [-0.1, -0.05) is 79.7 Å². The van der Waals surface area contributed by atoms with E-state index in [1.54, 1.807) is 11.1 Å². The maximum absolute atomic E-state index is 2.67. The smallest absolute Gasteiger partial charge is 0.0421 e. The molecule has 0 radical (unpaired) electrons. The fourth-order valence-electron chi connectivity index (χ4n) is 4.62. The Hall–Kier alpha value is -1.95. The molecule has 138 valence electrons. The molecule has 2 atom stereocenters. The summed E-state index contributed by atoms with van der Waals surface area (Å²) in [6, 6.07) is 27.1. The minimum absolute atomic E-state index is 0.464. The highest BCUT2D eigenvalue weighted by molar-refractivity contribution is 7.70. The summed E-state index contributed by atoms with van der Waals surface area (Å²) in [4.78, 5) is 0. The van der Waals surface area contributed by atoms with Crippen molar-refractivity contribution in [1.82, 2.24) is 4.67 Å². The van der Waals surface area contributed by atoms with Crippen LogP contribution in [0.5, 0.6) is 0 Å². The third-order valence-electron chi connectivity index (χ3n) is 5.89. The molecule has 0 spiro atoms. The molecule has 1 aliphatic rings. The highest BCUT2D eigenvalue weighted by atomic mass is 31.1. The van der Waals surface area contributed by atoms with Gasteiger partial charge in [0.25, 0.3) is 0 Å². The number of nitrogens with zero attached hydrogens (tertiary/aromatic N) is 1. The molecule has 3 aromatic rings. The van der Waals surface area contributed by atoms with E-state index in [-0.39, 0.29) is 0 Å². The van der Waals surface area contributed by atoms with Crippen LogP contribution in [0.25, 0.3) is 0 Å². The summed E-state index contributed by atoms with van der Waals surface area (Å²) in [7, 11) is 1.77. The molecular weight excluding hydrogens is 345 g/mol. The van der Waals surface area contributed by atoms with Gasteiger partial charge < -0.3 is 0 Å². The van der Waals surface area contributed by atoms with Crippen LogP contribution >= 0.6 is 8.07 Å². The Balaban J connectivity index is 1.82. The van der Waals surface area contributed by atoms with Gasteiger partial charge >= 0.3 is 0 Å². The lowest BCUT2D eigenvalue weighted by molar-refractivity contribution is 0.325. The van der Waals surface area contributed by atoms with E-state index in [0.29, 0.717) is 12.0 Å². The van der Waals surface area contributed by atoms with Crippen molar-refractivity contribution in [2.75, 3.05) is 7.05 Å². The molecule has 0 fully saturated rings. The maximum Gasteiger partial charge on any atom is 0.0421 e. The number of aryl methyl sites for hydroxylation is 2. The Labute approximate surface area is 164 Å². The Morgan fingerprint density at radius 3 is 1.85 bits per heavy atom. The molecule has 1 nitrogen and oxygen atoms in total. The van der Waals surface area contributed by atoms with Gasteiger partial charge in [-0.25, -0.2) is 0 Å². The fraction of sp³-hybridized carbons (Fsp3) is 0.280. The minimum atomic E-state index is -0.563. The van der Waals surface area contributed by atoms with Gasteiger partial charge in [0.2, 0.25) is 0 Å². The molecule has 3 aromatic carbocycles. The van der Waals surface area contributed by atoms with E-state index in [9.17, 15) is 0 Å². The molecule has 2 heteroatoms. The lowest BCUT2D eigenvalue weighted by Crippen LogP contribution is -2.31. The number of hydrogen-bond acceptors (Lipinski definition) is 1. The molecule has 0 aliphatic heterocycles. The monoisotopic (exact) mass is 373 g/mol. The largest absolute Gasteiger partial charge is 0.270 e. The van der Waals surface area contributed by atoms with Crippen LogP contribution in [-0.4, -0.2) is 11.7 Å². The Kier molecular flexibility index (Phi) is 5.17. The summed E-state index contributed by atoms with van der Waals surface area (Å²) in [5.74, 6) is 0.627. The topological polar surface area (TPSA) is 3.24 Å². The molecular formula is C25H28NP. The van der Waals surface area contributed by atoms with Crippen molar-refractivity contribution in [2.24, 2.45) is 5.92 Å². The van der Waals surface area contributed by atoms with E-state index in [0.717, 1.165) is 0 Å². The SMILES string of the molecule is Cc1ccc(C)c2c1CC(C)C2N(C)P(c1ccccc1)c1ccccc1. The summed E-state index contributed by atoms with van der Waals surface area (Å²) in [5, 5.41) is 2.85. The fourth-order valence-corrected chi connectivity index (χ4v) is 7.15. The summed E-state index contributed by atoms with van der Waals surface area (Å²) < 4.78 is 2.67. The summed E-state index contributed by atoms with van der Waals surface area (Å²) in [6.45, 7) is 6.97. The minimum Gasteiger partial charge on any atom is -0.270 e. The predicted molar refractivity (Wildman–Crippen MR) is 118 cm³/mol. The zero-order chi connectivity index (χ0) is 19.0. The first-order valence-corrected chi connectivity index (χ1v) is 11.1. The van der Waals surface area contributed by atoms with Crippen LogP contribution in [0, 0.1) is 19.8 Å². The average Bonchev–Trinajstić information content (AvgIpc) is 3.05. The van der Waals surface area contributed by atoms with Crippen molar-refractivity contribution in [2.45, 2.75) is 33.2 Å². The molecule has 0 aromatic heterocycles. The van der Waals surface area contributed by atoms with Crippen LogP contribution in [0.2, 0.25) is 0 Å². The lowest BCUT2D eigenvalue weighted by Gasteiger charge is -2.37. The van der Waals surface area contributed by atoms with Crippen molar-refractivity contribution in [1.29, 1.82) is 0 Å². The molecule has 0 saturated heterocycles. The van der Waals surface area contributed by atoms with E-state index in [1.165, 1.54) is 28.2 Å². The number of rotatable bonds is 4. The van der Waals surface area contributed by atoms with Crippen LogP contribution < -0.4 is 10.6 Å². The Bertz CT molecular complexity index is 880. The van der Waals surface area contributed by atoms with Gasteiger partial charge in [0.1, 0.15) is 0 Å². The molecule has 0 amide bonds. The third-order valence-corrected chi connectivity index (χ3v) is 8.34. The molecule has 4 rings (SSSR count). The third kappa shape index (κ3) is 3.35. The highest BCUT2D eigenvalue weighted by Crippen LogP contribution is 2.51. The predicted octanol–water partition coefficient (Wildman–Crippen LogP) is 5.52. The number of hydrogen-bond donors (Lipinski definition) is 0. The van der Waals surface area contributed by atoms with Gasteiger partial charge in [-0.3, -0.25) is 4.67 Å². The molecule has 1 aliphatic carbocycles. The van der Waals surface area contributed by atoms with Gasteiger partial charge in [-0.05, 0) is 66.1 Å². The highest BCUT2D eigenvalue weighted by Gasteiger charge is 2.37. The standard InChI is InChI=1S/C25H28NP/c1-18-15-16-19(2)24-23(18)17-20(3)25(24)26(4)27(21-11-7-5-8-12-21)22-13-9-6-10-14-22/h5-16,20,25H,17H2,1-4H3. The first-order chi connectivity index (χ1) is 13.1. The lowest BCUT2D eigenvalue weighted by atomic mass is 9.97. The van der Waals surface area contributed by atoms with Gasteiger partial charge in [0.15, 0.2) is 0 Å². The Morgan fingerprint density at radius 2 is 1.30 bits per heavy atom. The zero-order valence-corrected chi connectivity index (χ0v) is 17.6. The normalized spacial score (nSPS) is 18.9. The average molecular weight is 373 g/mol. The van der Waals surface area contributed by atoms with Crippen molar-refractivity contribution in [3.05, 3.63) is 95.1 Å². The number of fused-ring (bicyclic) bond motifs is 1. The summed E-state index contributed by atoms with van der Waals surface area (Å²) >= 11 is 0. The second kappa shape index (κ2) is 7.58. The molecule has 0 N–H and O–H groups in total. The maximum atomic E-state index is 2.67. The summed E-state index contributed by atoms with van der Waals surface area (Å²) in [6.07, 6.45) is 1.19. The Morgan fingerprint density at radius 1 is 0.778 bits per heavy atom. The first kappa shape index (κ1) is 18.4. The molecule has 0 bridgehead atoms.